The van der Waals surface area contributed by atoms with Crippen molar-refractivity contribution < 1.29 is 19.0 Å². The third kappa shape index (κ3) is 6.89. The minimum atomic E-state index is -0.0806. The zero-order valence-electron chi connectivity index (χ0n) is 18.8. The van der Waals surface area contributed by atoms with Gasteiger partial charge in [-0.05, 0) is 70.0 Å². The second-order valence-corrected chi connectivity index (χ2v) is 8.06. The van der Waals surface area contributed by atoms with Gasteiger partial charge in [0.15, 0.2) is 11.5 Å². The van der Waals surface area contributed by atoms with Crippen LogP contribution in [-0.2, 0) is 0 Å². The number of rotatable bonds is 11. The van der Waals surface area contributed by atoms with E-state index in [1.807, 2.05) is 37.3 Å². The highest BCUT2D eigenvalue weighted by Gasteiger charge is 2.24. The summed E-state index contributed by atoms with van der Waals surface area (Å²) in [5.41, 5.74) is 0.579. The van der Waals surface area contributed by atoms with E-state index in [-0.39, 0.29) is 5.91 Å². The molecule has 1 aliphatic rings. The second kappa shape index (κ2) is 11.6. The standard InChI is InChI=1S/C25H34N2O4/c1-4-29-24-16-21(25(28)26-17-20-12-13-27(18-20)19(2)3)10-11-23(24)31-15-14-30-22-8-6-5-7-9-22/h5-11,16,19-20H,4,12-15,17-18H2,1-3H3,(H,26,28). The molecular formula is C25H34N2O4. The summed E-state index contributed by atoms with van der Waals surface area (Å²) in [6.45, 7) is 10.5. The first-order chi connectivity index (χ1) is 15.1. The highest BCUT2D eigenvalue weighted by atomic mass is 16.5. The van der Waals surface area contributed by atoms with Gasteiger partial charge in [0.25, 0.3) is 5.91 Å². The molecule has 6 heteroatoms. The van der Waals surface area contributed by atoms with E-state index in [0.29, 0.717) is 55.4 Å². The summed E-state index contributed by atoms with van der Waals surface area (Å²) >= 11 is 0. The molecule has 0 radical (unpaired) electrons. The highest BCUT2D eigenvalue weighted by molar-refractivity contribution is 5.94. The second-order valence-electron chi connectivity index (χ2n) is 8.06. The summed E-state index contributed by atoms with van der Waals surface area (Å²) in [4.78, 5) is 15.1. The molecule has 6 nitrogen and oxygen atoms in total. The quantitative estimate of drug-likeness (QED) is 0.551. The van der Waals surface area contributed by atoms with Gasteiger partial charge in [0, 0.05) is 24.7 Å². The molecule has 1 amide bonds. The van der Waals surface area contributed by atoms with Gasteiger partial charge >= 0.3 is 0 Å². The van der Waals surface area contributed by atoms with Gasteiger partial charge in [0.05, 0.1) is 6.61 Å². The van der Waals surface area contributed by atoms with E-state index in [4.69, 9.17) is 14.2 Å². The van der Waals surface area contributed by atoms with Crippen molar-refractivity contribution in [3.8, 4) is 17.2 Å². The predicted molar refractivity (Wildman–Crippen MR) is 122 cm³/mol. The fourth-order valence-electron chi connectivity index (χ4n) is 3.70. The maximum Gasteiger partial charge on any atom is 0.251 e. The van der Waals surface area contributed by atoms with Gasteiger partial charge in [-0.25, -0.2) is 0 Å². The average molecular weight is 427 g/mol. The van der Waals surface area contributed by atoms with Crippen LogP contribution in [0.25, 0.3) is 0 Å². The molecule has 2 aromatic carbocycles. The summed E-state index contributed by atoms with van der Waals surface area (Å²) in [5, 5.41) is 3.08. The molecule has 31 heavy (non-hydrogen) atoms. The Bertz CT molecular complexity index is 826. The molecule has 1 heterocycles. The number of nitrogens with zero attached hydrogens (tertiary/aromatic N) is 1. The van der Waals surface area contributed by atoms with Crippen molar-refractivity contribution in [1.82, 2.24) is 10.2 Å². The van der Waals surface area contributed by atoms with Crippen molar-refractivity contribution in [2.75, 3.05) is 39.5 Å². The van der Waals surface area contributed by atoms with E-state index in [2.05, 4.69) is 24.1 Å². The summed E-state index contributed by atoms with van der Waals surface area (Å²) in [6, 6.07) is 15.5. The average Bonchev–Trinajstić information content (AvgIpc) is 3.26. The summed E-state index contributed by atoms with van der Waals surface area (Å²) < 4.78 is 17.2. The van der Waals surface area contributed by atoms with Crippen LogP contribution in [0.5, 0.6) is 17.2 Å². The van der Waals surface area contributed by atoms with Crippen molar-refractivity contribution in [2.24, 2.45) is 5.92 Å². The number of ether oxygens (including phenoxy) is 3. The molecule has 1 atom stereocenters. The molecule has 1 N–H and O–H groups in total. The predicted octanol–water partition coefficient (Wildman–Crippen LogP) is 4.00. The van der Waals surface area contributed by atoms with Crippen LogP contribution < -0.4 is 19.5 Å². The summed E-state index contributed by atoms with van der Waals surface area (Å²) in [7, 11) is 0. The van der Waals surface area contributed by atoms with Gasteiger partial charge in [0.2, 0.25) is 0 Å². The van der Waals surface area contributed by atoms with E-state index in [9.17, 15) is 4.79 Å². The molecule has 0 bridgehead atoms. The smallest absolute Gasteiger partial charge is 0.251 e. The van der Waals surface area contributed by atoms with Crippen molar-refractivity contribution >= 4 is 5.91 Å². The van der Waals surface area contributed by atoms with Crippen molar-refractivity contribution in [2.45, 2.75) is 33.2 Å². The molecule has 0 spiro atoms. The van der Waals surface area contributed by atoms with Crippen molar-refractivity contribution in [3.63, 3.8) is 0 Å². The van der Waals surface area contributed by atoms with E-state index in [1.54, 1.807) is 18.2 Å². The van der Waals surface area contributed by atoms with Gasteiger partial charge in [-0.3, -0.25) is 4.79 Å². The molecule has 0 aromatic heterocycles. The molecule has 1 unspecified atom stereocenters. The first-order valence-corrected chi connectivity index (χ1v) is 11.2. The Hall–Kier alpha value is -2.73. The molecule has 1 aliphatic heterocycles. The Kier molecular flexibility index (Phi) is 8.59. The first kappa shape index (κ1) is 22.9. The molecule has 0 saturated carbocycles. The Labute approximate surface area is 185 Å². The lowest BCUT2D eigenvalue weighted by atomic mass is 10.1. The van der Waals surface area contributed by atoms with Crippen LogP contribution in [0.3, 0.4) is 0 Å². The Morgan fingerprint density at radius 3 is 2.55 bits per heavy atom. The minimum absolute atomic E-state index is 0.0806. The number of carbonyl (C=O) groups is 1. The van der Waals surface area contributed by atoms with Gasteiger partial charge in [-0.2, -0.15) is 0 Å². The summed E-state index contributed by atoms with van der Waals surface area (Å²) in [5.74, 6) is 2.41. The van der Waals surface area contributed by atoms with Crippen LogP contribution in [0.2, 0.25) is 0 Å². The zero-order valence-corrected chi connectivity index (χ0v) is 18.8. The Balaban J connectivity index is 1.50. The number of hydrogen-bond acceptors (Lipinski definition) is 5. The first-order valence-electron chi connectivity index (χ1n) is 11.2. The molecule has 3 rings (SSSR count). The number of para-hydroxylation sites is 1. The number of likely N-dealkylation sites (tertiary alicyclic amines) is 1. The lowest BCUT2D eigenvalue weighted by molar-refractivity contribution is 0.0946. The number of hydrogen-bond donors (Lipinski definition) is 1. The van der Waals surface area contributed by atoms with Crippen LogP contribution in [0.4, 0.5) is 0 Å². The molecule has 168 valence electrons. The van der Waals surface area contributed by atoms with Gasteiger partial charge < -0.3 is 24.4 Å². The fourth-order valence-corrected chi connectivity index (χ4v) is 3.70. The van der Waals surface area contributed by atoms with Gasteiger partial charge in [0.1, 0.15) is 19.0 Å². The van der Waals surface area contributed by atoms with Crippen LogP contribution >= 0.6 is 0 Å². The minimum Gasteiger partial charge on any atom is -0.490 e. The topological polar surface area (TPSA) is 60.0 Å². The normalized spacial score (nSPS) is 16.3. The third-order valence-electron chi connectivity index (χ3n) is 5.46. The fraction of sp³-hybridized carbons (Fsp3) is 0.480. The highest BCUT2D eigenvalue weighted by Crippen LogP contribution is 2.28. The van der Waals surface area contributed by atoms with Crippen molar-refractivity contribution in [1.29, 1.82) is 0 Å². The van der Waals surface area contributed by atoms with E-state index < -0.39 is 0 Å². The van der Waals surface area contributed by atoms with Crippen LogP contribution in [0, 0.1) is 5.92 Å². The largest absolute Gasteiger partial charge is 0.490 e. The van der Waals surface area contributed by atoms with E-state index in [1.165, 1.54) is 0 Å². The Morgan fingerprint density at radius 2 is 1.84 bits per heavy atom. The number of nitrogens with one attached hydrogen (secondary N) is 1. The number of amides is 1. The van der Waals surface area contributed by atoms with Gasteiger partial charge in [-0.15, -0.1) is 0 Å². The Morgan fingerprint density at radius 1 is 1.06 bits per heavy atom. The van der Waals surface area contributed by atoms with Gasteiger partial charge in [-0.1, -0.05) is 18.2 Å². The lowest BCUT2D eigenvalue weighted by Crippen LogP contribution is -2.33. The summed E-state index contributed by atoms with van der Waals surface area (Å²) in [6.07, 6.45) is 1.13. The monoisotopic (exact) mass is 426 g/mol. The SMILES string of the molecule is CCOc1cc(C(=O)NCC2CCN(C(C)C)C2)ccc1OCCOc1ccccc1. The molecule has 1 fully saturated rings. The lowest BCUT2D eigenvalue weighted by Gasteiger charge is -2.20. The zero-order chi connectivity index (χ0) is 22.1. The molecule has 0 aliphatic carbocycles. The third-order valence-corrected chi connectivity index (χ3v) is 5.46. The number of benzene rings is 2. The molecule has 1 saturated heterocycles. The number of carbonyl (C=O) groups excluding carboxylic acids is 1. The van der Waals surface area contributed by atoms with E-state index >= 15 is 0 Å². The maximum absolute atomic E-state index is 12.7. The van der Waals surface area contributed by atoms with E-state index in [0.717, 1.165) is 25.3 Å². The molecule has 2 aromatic rings. The molecular weight excluding hydrogens is 392 g/mol. The van der Waals surface area contributed by atoms with Crippen LogP contribution in [0.15, 0.2) is 48.5 Å². The van der Waals surface area contributed by atoms with Crippen LogP contribution in [0.1, 0.15) is 37.6 Å². The van der Waals surface area contributed by atoms with Crippen molar-refractivity contribution in [3.05, 3.63) is 54.1 Å². The van der Waals surface area contributed by atoms with Crippen LogP contribution in [-0.4, -0.2) is 56.3 Å². The maximum atomic E-state index is 12.7.